The van der Waals surface area contributed by atoms with E-state index in [1.165, 1.54) is 5.56 Å². The molecule has 0 spiro atoms. The lowest BCUT2D eigenvalue weighted by Crippen LogP contribution is -2.05. The Kier molecular flexibility index (Phi) is 11.6. The van der Waals surface area contributed by atoms with Crippen LogP contribution in [0.1, 0.15) is 49.7 Å². The largest absolute Gasteiger partial charge is 0.295 e. The zero-order valence-corrected chi connectivity index (χ0v) is 17.8. The van der Waals surface area contributed by atoms with E-state index in [-0.39, 0.29) is 4.91 Å². The standard InChI is InChI=1S/C14H18O3S.C8H8.C2H2F2/c15-18(16,17)14(13-10-6-3-7-11-13)12-8-4-1-2-5-9-12;1-2-8-6-4-3-5-7-8;1-2(3)4/h3,6-7,10-11H,1-2,4-5,8-9H2,(H,15,16,17);2-7H,1H2;1H2. The third kappa shape index (κ3) is 10.3. The first-order valence-corrected chi connectivity index (χ1v) is 11.1. The summed E-state index contributed by atoms with van der Waals surface area (Å²) in [7, 11) is -4.15. The van der Waals surface area contributed by atoms with Crippen LogP contribution in [0.5, 0.6) is 0 Å². The maximum Gasteiger partial charge on any atom is 0.295 e. The average molecular weight is 435 g/mol. The molecule has 1 saturated carbocycles. The molecule has 2 aromatic rings. The molecule has 1 N–H and O–H groups in total. The van der Waals surface area contributed by atoms with E-state index in [0.29, 0.717) is 5.56 Å². The molecule has 0 amide bonds. The van der Waals surface area contributed by atoms with E-state index in [1.54, 1.807) is 24.3 Å². The second-order valence-corrected chi connectivity index (χ2v) is 8.00. The van der Waals surface area contributed by atoms with E-state index in [2.05, 4.69) is 13.2 Å². The Bertz CT molecular complexity index is 907. The van der Waals surface area contributed by atoms with Gasteiger partial charge in [0.05, 0.1) is 0 Å². The van der Waals surface area contributed by atoms with E-state index in [0.717, 1.165) is 44.1 Å². The predicted molar refractivity (Wildman–Crippen MR) is 121 cm³/mol. The first kappa shape index (κ1) is 25.5. The summed E-state index contributed by atoms with van der Waals surface area (Å²) in [5.41, 5.74) is 2.64. The SMILES string of the molecule is C=C(F)F.C=Cc1ccccc1.O=S(=O)(O)C(=C1CCCCCC1)c1ccccc1. The molecule has 0 atom stereocenters. The van der Waals surface area contributed by atoms with Crippen LogP contribution in [-0.4, -0.2) is 13.0 Å². The fraction of sp³-hybridized carbons (Fsp3) is 0.250. The topological polar surface area (TPSA) is 54.4 Å². The molecule has 0 unspecified atom stereocenters. The molecule has 3 nitrogen and oxygen atoms in total. The van der Waals surface area contributed by atoms with Gasteiger partial charge in [0.15, 0.2) is 0 Å². The van der Waals surface area contributed by atoms with E-state index < -0.39 is 16.2 Å². The molecule has 0 bridgehead atoms. The first-order chi connectivity index (χ1) is 14.3. The van der Waals surface area contributed by atoms with Crippen molar-refractivity contribution in [1.82, 2.24) is 0 Å². The van der Waals surface area contributed by atoms with E-state index in [9.17, 15) is 21.8 Å². The molecular weight excluding hydrogens is 406 g/mol. The van der Waals surface area contributed by atoms with Gasteiger partial charge in [0.2, 0.25) is 0 Å². The summed E-state index contributed by atoms with van der Waals surface area (Å²) in [6, 6.07) is 18.9. The van der Waals surface area contributed by atoms with Gasteiger partial charge in [-0.3, -0.25) is 4.55 Å². The van der Waals surface area contributed by atoms with Crippen LogP contribution in [0.25, 0.3) is 11.0 Å². The third-order valence-corrected chi connectivity index (χ3v) is 5.40. The van der Waals surface area contributed by atoms with Crippen molar-refractivity contribution in [3.63, 3.8) is 0 Å². The summed E-state index contributed by atoms with van der Waals surface area (Å²) < 4.78 is 53.0. The van der Waals surface area contributed by atoms with Crippen molar-refractivity contribution >= 4 is 21.1 Å². The number of benzene rings is 2. The van der Waals surface area contributed by atoms with Crippen LogP contribution >= 0.6 is 0 Å². The smallest absolute Gasteiger partial charge is 0.282 e. The Labute approximate surface area is 178 Å². The Morgan fingerprint density at radius 3 is 1.67 bits per heavy atom. The Morgan fingerprint density at radius 1 is 0.867 bits per heavy atom. The minimum absolute atomic E-state index is 0.130. The van der Waals surface area contributed by atoms with Crippen LogP contribution < -0.4 is 0 Å². The lowest BCUT2D eigenvalue weighted by atomic mass is 10.0. The molecule has 0 heterocycles. The summed E-state index contributed by atoms with van der Waals surface area (Å²) in [6.07, 6.45) is 5.81. The molecule has 0 aliphatic heterocycles. The van der Waals surface area contributed by atoms with Crippen molar-refractivity contribution in [2.45, 2.75) is 38.5 Å². The maximum absolute atomic E-state index is 11.6. The van der Waals surface area contributed by atoms with Gasteiger partial charge in [-0.05, 0) is 49.0 Å². The Hall–Kier alpha value is -2.57. The summed E-state index contributed by atoms with van der Waals surface area (Å²) in [4.78, 5) is 0.130. The van der Waals surface area contributed by atoms with Crippen molar-refractivity contribution in [1.29, 1.82) is 0 Å². The second-order valence-electron chi connectivity index (χ2n) is 6.64. The lowest BCUT2D eigenvalue weighted by Gasteiger charge is -2.11. The zero-order chi connectivity index (χ0) is 22.4. The average Bonchev–Trinajstić information content (AvgIpc) is 2.98. The quantitative estimate of drug-likeness (QED) is 0.405. The van der Waals surface area contributed by atoms with Crippen molar-refractivity contribution < 1.29 is 21.8 Å². The van der Waals surface area contributed by atoms with E-state index in [4.69, 9.17) is 0 Å². The summed E-state index contributed by atoms with van der Waals surface area (Å²) in [5.74, 6) is 0. The van der Waals surface area contributed by atoms with Crippen LogP contribution in [0.3, 0.4) is 0 Å². The number of hydrogen-bond acceptors (Lipinski definition) is 2. The number of hydrogen-bond donors (Lipinski definition) is 1. The van der Waals surface area contributed by atoms with Gasteiger partial charge >= 0.3 is 0 Å². The molecule has 6 heteroatoms. The van der Waals surface area contributed by atoms with Crippen molar-refractivity contribution in [2.24, 2.45) is 0 Å². The Balaban J connectivity index is 0.000000309. The molecule has 162 valence electrons. The van der Waals surface area contributed by atoms with Gasteiger partial charge in [-0.1, -0.05) is 86.2 Å². The van der Waals surface area contributed by atoms with E-state index >= 15 is 0 Å². The zero-order valence-electron chi connectivity index (χ0n) is 16.9. The molecule has 1 fully saturated rings. The summed E-state index contributed by atoms with van der Waals surface area (Å²) in [6.45, 7) is 5.85. The highest BCUT2D eigenvalue weighted by molar-refractivity contribution is 7.95. The number of allylic oxidation sites excluding steroid dienone is 1. The van der Waals surface area contributed by atoms with Crippen molar-refractivity contribution in [2.75, 3.05) is 0 Å². The molecular formula is C24H28F2O3S. The van der Waals surface area contributed by atoms with Gasteiger partial charge in [0.1, 0.15) is 4.91 Å². The normalized spacial score (nSPS) is 13.5. The molecule has 3 rings (SSSR count). The van der Waals surface area contributed by atoms with Crippen molar-refractivity contribution in [3.05, 3.63) is 96.6 Å². The monoisotopic (exact) mass is 434 g/mol. The van der Waals surface area contributed by atoms with Crippen LogP contribution in [0.15, 0.2) is 85.5 Å². The van der Waals surface area contributed by atoms with Gasteiger partial charge < -0.3 is 0 Å². The highest BCUT2D eigenvalue weighted by Gasteiger charge is 2.22. The van der Waals surface area contributed by atoms with Gasteiger partial charge in [-0.25, -0.2) is 0 Å². The molecule has 1 aliphatic carbocycles. The van der Waals surface area contributed by atoms with Crippen LogP contribution in [0.2, 0.25) is 0 Å². The second kappa shape index (κ2) is 13.6. The molecule has 0 aromatic heterocycles. The third-order valence-electron chi connectivity index (χ3n) is 4.36. The number of rotatable bonds is 3. The molecule has 1 aliphatic rings. The van der Waals surface area contributed by atoms with Gasteiger partial charge in [0.25, 0.3) is 16.2 Å². The van der Waals surface area contributed by atoms with Crippen LogP contribution in [0, 0.1) is 0 Å². The molecule has 0 saturated heterocycles. The minimum Gasteiger partial charge on any atom is -0.282 e. The highest BCUT2D eigenvalue weighted by atomic mass is 32.2. The minimum atomic E-state index is -4.15. The van der Waals surface area contributed by atoms with E-state index in [1.807, 2.05) is 42.5 Å². The number of halogens is 2. The van der Waals surface area contributed by atoms with Gasteiger partial charge in [0, 0.05) is 0 Å². The summed E-state index contributed by atoms with van der Waals surface area (Å²) >= 11 is 0. The molecule has 30 heavy (non-hydrogen) atoms. The predicted octanol–water partition coefficient (Wildman–Crippen LogP) is 7.37. The summed E-state index contributed by atoms with van der Waals surface area (Å²) in [5, 5.41) is 0. The fourth-order valence-corrected chi connectivity index (χ4v) is 4.10. The first-order valence-electron chi connectivity index (χ1n) is 9.68. The van der Waals surface area contributed by atoms with Crippen molar-refractivity contribution in [3.8, 4) is 0 Å². The lowest BCUT2D eigenvalue weighted by molar-refractivity contribution is 0.426. The van der Waals surface area contributed by atoms with Crippen LogP contribution in [-0.2, 0) is 10.1 Å². The molecule has 0 radical (unpaired) electrons. The molecule has 2 aromatic carbocycles. The highest BCUT2D eigenvalue weighted by Crippen LogP contribution is 2.32. The fourth-order valence-electron chi connectivity index (χ4n) is 3.10. The maximum atomic E-state index is 11.6. The van der Waals surface area contributed by atoms with Gasteiger partial charge in [-0.15, -0.1) is 0 Å². The van der Waals surface area contributed by atoms with Gasteiger partial charge in [-0.2, -0.15) is 17.2 Å². The van der Waals surface area contributed by atoms with Crippen LogP contribution in [0.4, 0.5) is 8.78 Å². The Morgan fingerprint density at radius 2 is 1.30 bits per heavy atom.